The fourth-order valence-electron chi connectivity index (χ4n) is 4.89. The maximum absolute atomic E-state index is 14.5. The summed E-state index contributed by atoms with van der Waals surface area (Å²) in [6.07, 6.45) is 0.264. The van der Waals surface area contributed by atoms with E-state index in [2.05, 4.69) is 21.2 Å². The van der Waals surface area contributed by atoms with E-state index in [4.69, 9.17) is 0 Å². The fourth-order valence-corrected chi connectivity index (χ4v) is 6.75. The summed E-state index contributed by atoms with van der Waals surface area (Å²) in [7, 11) is -4.14. The van der Waals surface area contributed by atoms with Crippen molar-refractivity contribution in [1.29, 1.82) is 0 Å². The first-order valence-electron chi connectivity index (χ1n) is 15.0. The van der Waals surface area contributed by atoms with Gasteiger partial charge in [-0.3, -0.25) is 13.9 Å². The molecule has 2 amide bonds. The molecule has 0 aliphatic rings. The van der Waals surface area contributed by atoms with Crippen LogP contribution in [0.25, 0.3) is 0 Å². The summed E-state index contributed by atoms with van der Waals surface area (Å²) in [5.41, 5.74) is 3.93. The van der Waals surface area contributed by atoms with Crippen molar-refractivity contribution >= 4 is 43.5 Å². The highest BCUT2D eigenvalue weighted by Crippen LogP contribution is 2.26. The Bertz CT molecular complexity index is 1690. The van der Waals surface area contributed by atoms with Crippen LogP contribution in [0.1, 0.15) is 36.1 Å². The molecule has 0 aromatic heterocycles. The molecule has 1 unspecified atom stereocenters. The Morgan fingerprint density at radius 3 is 2.00 bits per heavy atom. The van der Waals surface area contributed by atoms with Gasteiger partial charge in [0.2, 0.25) is 11.8 Å². The van der Waals surface area contributed by atoms with Crippen LogP contribution in [-0.2, 0) is 32.6 Å². The molecule has 0 spiro atoms. The van der Waals surface area contributed by atoms with Gasteiger partial charge in [0.25, 0.3) is 10.0 Å². The first-order valence-corrected chi connectivity index (χ1v) is 17.2. The lowest BCUT2D eigenvalue weighted by molar-refractivity contribution is -0.140. The van der Waals surface area contributed by atoms with E-state index in [0.717, 1.165) is 31.0 Å². The molecule has 0 aliphatic heterocycles. The van der Waals surface area contributed by atoms with Gasteiger partial charge in [-0.1, -0.05) is 108 Å². The van der Waals surface area contributed by atoms with Gasteiger partial charge in [-0.25, -0.2) is 8.42 Å². The summed E-state index contributed by atoms with van der Waals surface area (Å²) in [5.74, 6) is -0.580. The number of nitrogens with one attached hydrogen (secondary N) is 1. The number of hydrogen-bond donors (Lipinski definition) is 1. The fraction of sp³-hybridized carbons (Fsp3) is 0.278. The molecule has 1 atom stereocenters. The second-order valence-electron chi connectivity index (χ2n) is 11.7. The van der Waals surface area contributed by atoms with Gasteiger partial charge in [-0.15, -0.1) is 0 Å². The monoisotopic (exact) mass is 689 g/mol. The topological polar surface area (TPSA) is 86.8 Å². The van der Waals surface area contributed by atoms with Crippen LogP contribution in [-0.4, -0.2) is 44.3 Å². The molecule has 1 N–H and O–H groups in total. The molecule has 0 aliphatic carbocycles. The van der Waals surface area contributed by atoms with Crippen molar-refractivity contribution in [2.24, 2.45) is 5.92 Å². The van der Waals surface area contributed by atoms with Crippen LogP contribution in [0.2, 0.25) is 0 Å². The number of halogens is 1. The summed E-state index contributed by atoms with van der Waals surface area (Å²) < 4.78 is 30.2. The smallest absolute Gasteiger partial charge is 0.264 e. The Morgan fingerprint density at radius 2 is 1.40 bits per heavy atom. The van der Waals surface area contributed by atoms with Crippen molar-refractivity contribution in [1.82, 2.24) is 10.2 Å². The molecule has 0 heterocycles. The minimum absolute atomic E-state index is 0.0792. The molecule has 236 valence electrons. The van der Waals surface area contributed by atoms with Crippen LogP contribution < -0.4 is 9.62 Å². The summed E-state index contributed by atoms with van der Waals surface area (Å²) in [4.78, 5) is 30.0. The Morgan fingerprint density at radius 1 is 0.800 bits per heavy atom. The number of carbonyl (C=O) groups excluding carboxylic acids is 2. The summed E-state index contributed by atoms with van der Waals surface area (Å²) >= 11 is 3.51. The SMILES string of the molecule is Cc1ccc(N(CC(=O)N(Cc2cccc(Br)c2)C(Cc2ccccc2)C(=O)NCC(C)C)S(=O)(=O)c2ccc(C)cc2)cc1. The van der Waals surface area contributed by atoms with Crippen molar-refractivity contribution in [3.63, 3.8) is 0 Å². The van der Waals surface area contributed by atoms with Gasteiger partial charge >= 0.3 is 0 Å². The molecule has 7 nitrogen and oxygen atoms in total. The third kappa shape index (κ3) is 9.28. The van der Waals surface area contributed by atoms with Crippen LogP contribution in [0, 0.1) is 19.8 Å². The lowest BCUT2D eigenvalue weighted by atomic mass is 10.0. The minimum atomic E-state index is -4.14. The molecule has 0 saturated heterocycles. The number of aryl methyl sites for hydroxylation is 2. The van der Waals surface area contributed by atoms with E-state index in [-0.39, 0.29) is 29.7 Å². The highest BCUT2D eigenvalue weighted by molar-refractivity contribution is 9.10. The van der Waals surface area contributed by atoms with Crippen molar-refractivity contribution in [3.8, 4) is 0 Å². The zero-order chi connectivity index (χ0) is 32.6. The third-order valence-electron chi connectivity index (χ3n) is 7.41. The Kier molecular flexibility index (Phi) is 11.6. The van der Waals surface area contributed by atoms with Gasteiger partial charge in [0.1, 0.15) is 12.6 Å². The zero-order valence-corrected chi connectivity index (χ0v) is 28.5. The molecule has 0 bridgehead atoms. The van der Waals surface area contributed by atoms with Gasteiger partial charge in [0.15, 0.2) is 0 Å². The first kappa shape index (κ1) is 33.9. The van der Waals surface area contributed by atoms with Crippen LogP contribution in [0.5, 0.6) is 0 Å². The number of nitrogens with zero attached hydrogens (tertiary/aromatic N) is 2. The number of sulfonamides is 1. The molecule has 9 heteroatoms. The number of hydrogen-bond acceptors (Lipinski definition) is 4. The van der Waals surface area contributed by atoms with Crippen molar-refractivity contribution < 1.29 is 18.0 Å². The van der Waals surface area contributed by atoms with Gasteiger partial charge < -0.3 is 10.2 Å². The molecular formula is C36H40BrN3O4S. The Hall–Kier alpha value is -3.95. The minimum Gasteiger partial charge on any atom is -0.354 e. The normalized spacial score (nSPS) is 12.0. The molecule has 4 aromatic carbocycles. The van der Waals surface area contributed by atoms with Gasteiger partial charge in [-0.05, 0) is 67.3 Å². The van der Waals surface area contributed by atoms with Crippen LogP contribution in [0.4, 0.5) is 5.69 Å². The van der Waals surface area contributed by atoms with E-state index >= 15 is 0 Å². The van der Waals surface area contributed by atoms with E-state index in [1.54, 1.807) is 36.4 Å². The average Bonchev–Trinajstić information content (AvgIpc) is 3.01. The maximum atomic E-state index is 14.5. The maximum Gasteiger partial charge on any atom is 0.264 e. The third-order valence-corrected chi connectivity index (χ3v) is 9.69. The van der Waals surface area contributed by atoms with Gasteiger partial charge in [0.05, 0.1) is 10.6 Å². The Labute approximate surface area is 275 Å². The second-order valence-corrected chi connectivity index (χ2v) is 14.4. The number of amides is 2. The van der Waals surface area contributed by atoms with E-state index in [0.29, 0.717) is 12.2 Å². The molecule has 0 radical (unpaired) electrons. The molecule has 0 fully saturated rings. The number of anilines is 1. The molecule has 0 saturated carbocycles. The number of rotatable bonds is 13. The zero-order valence-electron chi connectivity index (χ0n) is 26.1. The van der Waals surface area contributed by atoms with Crippen LogP contribution in [0.3, 0.4) is 0 Å². The van der Waals surface area contributed by atoms with Crippen LogP contribution >= 0.6 is 15.9 Å². The second kappa shape index (κ2) is 15.4. The van der Waals surface area contributed by atoms with E-state index in [1.807, 2.05) is 94.4 Å². The highest BCUT2D eigenvalue weighted by atomic mass is 79.9. The Balaban J connectivity index is 1.79. The van der Waals surface area contributed by atoms with E-state index in [1.165, 1.54) is 4.90 Å². The molecule has 45 heavy (non-hydrogen) atoms. The molecule has 4 aromatic rings. The highest BCUT2D eigenvalue weighted by Gasteiger charge is 2.34. The summed E-state index contributed by atoms with van der Waals surface area (Å²) in [6.45, 7) is 7.87. The van der Waals surface area contributed by atoms with Crippen molar-refractivity contribution in [2.75, 3.05) is 17.4 Å². The summed E-state index contributed by atoms with van der Waals surface area (Å²) in [5, 5.41) is 3.01. The predicted molar refractivity (Wildman–Crippen MR) is 183 cm³/mol. The van der Waals surface area contributed by atoms with Crippen LogP contribution in [0.15, 0.2) is 112 Å². The van der Waals surface area contributed by atoms with Crippen molar-refractivity contribution in [3.05, 3.63) is 130 Å². The van der Waals surface area contributed by atoms with Crippen molar-refractivity contribution in [2.45, 2.75) is 51.6 Å². The van der Waals surface area contributed by atoms with E-state index in [9.17, 15) is 18.0 Å². The summed E-state index contributed by atoms with van der Waals surface area (Å²) in [6, 6.07) is 29.8. The number of benzene rings is 4. The standard InChI is InChI=1S/C36H40BrN3O4S/c1-26(2)23-38-36(42)34(22-29-9-6-5-7-10-29)39(24-30-11-8-12-31(37)21-30)35(41)25-40(32-17-13-27(3)14-18-32)45(43,44)33-19-15-28(4)16-20-33/h5-21,26,34H,22-25H2,1-4H3,(H,38,42). The van der Waals surface area contributed by atoms with Gasteiger partial charge in [0, 0.05) is 24.0 Å². The largest absolute Gasteiger partial charge is 0.354 e. The lowest BCUT2D eigenvalue weighted by Crippen LogP contribution is -2.53. The number of carbonyl (C=O) groups is 2. The predicted octanol–water partition coefficient (Wildman–Crippen LogP) is 6.67. The van der Waals surface area contributed by atoms with E-state index < -0.39 is 28.5 Å². The molecule has 4 rings (SSSR count). The lowest BCUT2D eigenvalue weighted by Gasteiger charge is -2.34. The first-order chi connectivity index (χ1) is 21.4. The molecular weight excluding hydrogens is 650 g/mol. The van der Waals surface area contributed by atoms with Gasteiger partial charge in [-0.2, -0.15) is 0 Å². The average molecular weight is 691 g/mol. The quantitative estimate of drug-likeness (QED) is 0.170.